The van der Waals surface area contributed by atoms with E-state index < -0.39 is 8.56 Å². The number of hydrogen-bond donors (Lipinski definition) is 2. The summed E-state index contributed by atoms with van der Waals surface area (Å²) in [6, 6.07) is 0.453. The van der Waals surface area contributed by atoms with E-state index in [1.807, 2.05) is 0 Å². The van der Waals surface area contributed by atoms with Crippen LogP contribution in [0.25, 0.3) is 0 Å². The van der Waals surface area contributed by atoms with Gasteiger partial charge >= 0.3 is 8.56 Å². The third-order valence-electron chi connectivity index (χ3n) is 2.13. The molecule has 1 aliphatic heterocycles. The molecular weight excluding hydrogens is 216 g/mol. The van der Waals surface area contributed by atoms with Crippen LogP contribution in [-0.2, 0) is 14.2 Å². The van der Waals surface area contributed by atoms with Crippen LogP contribution in [0.3, 0.4) is 0 Å². The van der Waals surface area contributed by atoms with Gasteiger partial charge in [-0.05, 0) is 19.0 Å². The Kier molecular flexibility index (Phi) is 5.73. The molecule has 15 heavy (non-hydrogen) atoms. The fourth-order valence-electron chi connectivity index (χ4n) is 1.36. The molecule has 0 spiro atoms. The Bertz CT molecular complexity index is 164. The maximum Gasteiger partial charge on any atom is 0.329 e. The van der Waals surface area contributed by atoms with Gasteiger partial charge in [-0.1, -0.05) is 0 Å². The van der Waals surface area contributed by atoms with Crippen molar-refractivity contribution in [3.05, 3.63) is 0 Å². The Labute approximate surface area is 91.2 Å². The van der Waals surface area contributed by atoms with E-state index in [0.29, 0.717) is 45.5 Å². The molecule has 1 atom stereocenters. The zero-order chi connectivity index (χ0) is 11.1. The van der Waals surface area contributed by atoms with E-state index in [-0.39, 0.29) is 6.10 Å². The van der Waals surface area contributed by atoms with Gasteiger partial charge in [0.2, 0.25) is 0 Å². The number of hydrogen-bond acceptors (Lipinski definition) is 5. The summed E-state index contributed by atoms with van der Waals surface area (Å²) in [6.45, 7) is 4.46. The van der Waals surface area contributed by atoms with E-state index in [0.717, 1.165) is 0 Å². The zero-order valence-corrected chi connectivity index (χ0v) is 10.1. The first-order valence-corrected chi connectivity index (χ1v) is 7.90. The summed E-state index contributed by atoms with van der Waals surface area (Å²) in [5.74, 6) is 0. The highest BCUT2D eigenvalue weighted by atomic mass is 28.4. The van der Waals surface area contributed by atoms with Gasteiger partial charge in [-0.3, -0.25) is 0 Å². The minimum Gasteiger partial charge on any atom is -0.411 e. The van der Waals surface area contributed by atoms with Gasteiger partial charge in [0.25, 0.3) is 0 Å². The highest BCUT2D eigenvalue weighted by Crippen LogP contribution is 2.05. The Morgan fingerprint density at radius 2 is 2.20 bits per heavy atom. The maximum atomic E-state index is 9.16. The monoisotopic (exact) mass is 236 g/mol. The lowest BCUT2D eigenvalue weighted by Crippen LogP contribution is -2.33. The summed E-state index contributed by atoms with van der Waals surface area (Å²) in [6.07, 6.45) is 0.717. The molecular formula is C9H20O5Si. The molecule has 1 fully saturated rings. The first-order chi connectivity index (χ1) is 7.08. The minimum atomic E-state index is -2.88. The zero-order valence-electron chi connectivity index (χ0n) is 9.15. The van der Waals surface area contributed by atoms with Crippen molar-refractivity contribution in [3.8, 4) is 0 Å². The second kappa shape index (κ2) is 6.57. The van der Waals surface area contributed by atoms with Gasteiger partial charge in [-0.2, -0.15) is 0 Å². The van der Waals surface area contributed by atoms with Crippen LogP contribution >= 0.6 is 0 Å². The van der Waals surface area contributed by atoms with Crippen molar-refractivity contribution in [2.75, 3.05) is 33.0 Å². The van der Waals surface area contributed by atoms with Gasteiger partial charge in [0.15, 0.2) is 0 Å². The van der Waals surface area contributed by atoms with Crippen LogP contribution in [-0.4, -0.2) is 57.3 Å². The molecule has 0 aromatic rings. The SMILES string of the molecule is C[Si](O)(O)CCCOCC1COCCO1. The van der Waals surface area contributed by atoms with Crippen LogP contribution in [0.1, 0.15) is 6.42 Å². The highest BCUT2D eigenvalue weighted by Gasteiger charge is 2.20. The van der Waals surface area contributed by atoms with Gasteiger partial charge in [0.05, 0.1) is 26.4 Å². The van der Waals surface area contributed by atoms with Crippen molar-refractivity contribution in [2.24, 2.45) is 0 Å². The average Bonchev–Trinajstić information content (AvgIpc) is 2.17. The molecule has 1 saturated heterocycles. The van der Waals surface area contributed by atoms with Crippen LogP contribution < -0.4 is 0 Å². The van der Waals surface area contributed by atoms with Gasteiger partial charge in [0.1, 0.15) is 6.10 Å². The Morgan fingerprint density at radius 1 is 1.40 bits per heavy atom. The lowest BCUT2D eigenvalue weighted by Gasteiger charge is -2.22. The molecule has 0 aromatic carbocycles. The summed E-state index contributed by atoms with van der Waals surface area (Å²) in [4.78, 5) is 18.3. The van der Waals surface area contributed by atoms with Crippen LogP contribution in [0.2, 0.25) is 12.6 Å². The number of rotatable bonds is 6. The molecule has 5 nitrogen and oxygen atoms in total. The molecule has 0 bridgehead atoms. The first kappa shape index (κ1) is 13.1. The van der Waals surface area contributed by atoms with E-state index in [1.165, 1.54) is 6.55 Å². The third-order valence-corrected chi connectivity index (χ3v) is 3.43. The molecule has 0 aromatic heterocycles. The Hall–Kier alpha value is 0.0169. The third kappa shape index (κ3) is 6.99. The number of ether oxygens (including phenoxy) is 3. The second-order valence-corrected chi connectivity index (χ2v) is 6.90. The second-order valence-electron chi connectivity index (χ2n) is 3.96. The quantitative estimate of drug-likeness (QED) is 0.496. The molecule has 6 heteroatoms. The van der Waals surface area contributed by atoms with Crippen molar-refractivity contribution < 1.29 is 23.8 Å². The van der Waals surface area contributed by atoms with Crippen molar-refractivity contribution in [2.45, 2.75) is 25.1 Å². The fraction of sp³-hybridized carbons (Fsp3) is 1.00. The molecule has 1 aliphatic rings. The van der Waals surface area contributed by atoms with Crippen molar-refractivity contribution in [1.82, 2.24) is 0 Å². The van der Waals surface area contributed by atoms with E-state index in [2.05, 4.69) is 0 Å². The van der Waals surface area contributed by atoms with Crippen molar-refractivity contribution >= 4 is 8.56 Å². The lowest BCUT2D eigenvalue weighted by atomic mass is 10.4. The van der Waals surface area contributed by atoms with Gasteiger partial charge < -0.3 is 23.8 Å². The minimum absolute atomic E-state index is 0.0330. The largest absolute Gasteiger partial charge is 0.411 e. The molecule has 0 radical (unpaired) electrons. The van der Waals surface area contributed by atoms with Gasteiger partial charge in [-0.15, -0.1) is 0 Å². The highest BCUT2D eigenvalue weighted by molar-refractivity contribution is 6.63. The van der Waals surface area contributed by atoms with Crippen molar-refractivity contribution in [3.63, 3.8) is 0 Å². The molecule has 0 aliphatic carbocycles. The standard InChI is InChI=1S/C9H20O5Si/c1-15(10,11)6-2-3-12-7-9-8-13-4-5-14-9/h9-11H,2-8H2,1H3. The Balaban J connectivity index is 1.92. The summed E-state index contributed by atoms with van der Waals surface area (Å²) in [7, 11) is -2.88. The first-order valence-electron chi connectivity index (χ1n) is 5.30. The molecule has 0 saturated carbocycles. The molecule has 90 valence electrons. The predicted molar refractivity (Wildman–Crippen MR) is 56.9 cm³/mol. The molecule has 2 N–H and O–H groups in total. The lowest BCUT2D eigenvalue weighted by molar-refractivity contribution is -0.115. The molecule has 1 unspecified atom stereocenters. The van der Waals surface area contributed by atoms with Crippen LogP contribution in [0.4, 0.5) is 0 Å². The van der Waals surface area contributed by atoms with Crippen LogP contribution in [0.15, 0.2) is 0 Å². The normalized spacial score (nSPS) is 23.0. The van der Waals surface area contributed by atoms with Crippen LogP contribution in [0.5, 0.6) is 0 Å². The average molecular weight is 236 g/mol. The van der Waals surface area contributed by atoms with E-state index in [9.17, 15) is 0 Å². The van der Waals surface area contributed by atoms with E-state index >= 15 is 0 Å². The summed E-state index contributed by atoms with van der Waals surface area (Å²) in [5, 5.41) is 0. The van der Waals surface area contributed by atoms with Gasteiger partial charge in [-0.25, -0.2) is 0 Å². The Morgan fingerprint density at radius 3 is 2.80 bits per heavy atom. The summed E-state index contributed by atoms with van der Waals surface area (Å²) in [5.41, 5.74) is 0. The molecule has 0 amide bonds. The summed E-state index contributed by atoms with van der Waals surface area (Å²) >= 11 is 0. The maximum absolute atomic E-state index is 9.16. The molecule has 1 rings (SSSR count). The van der Waals surface area contributed by atoms with E-state index in [1.54, 1.807) is 0 Å². The van der Waals surface area contributed by atoms with E-state index in [4.69, 9.17) is 23.8 Å². The molecule has 1 heterocycles. The van der Waals surface area contributed by atoms with Crippen LogP contribution in [0, 0.1) is 0 Å². The predicted octanol–water partition coefficient (Wildman–Crippen LogP) is -0.135. The van der Waals surface area contributed by atoms with Crippen molar-refractivity contribution in [1.29, 1.82) is 0 Å². The smallest absolute Gasteiger partial charge is 0.329 e. The van der Waals surface area contributed by atoms with Gasteiger partial charge in [0, 0.05) is 6.61 Å². The topological polar surface area (TPSA) is 68.2 Å². The summed E-state index contributed by atoms with van der Waals surface area (Å²) < 4.78 is 16.0. The fourth-order valence-corrected chi connectivity index (χ4v) is 2.17.